The molecule has 1 N–H and O–H groups in total. The number of aromatic nitrogens is 2. The highest BCUT2D eigenvalue weighted by molar-refractivity contribution is 9.10. The van der Waals surface area contributed by atoms with Gasteiger partial charge in [-0.3, -0.25) is 0 Å². The molecule has 2 rings (SSSR count). The van der Waals surface area contributed by atoms with Crippen LogP contribution in [0.4, 0.5) is 5.13 Å². The van der Waals surface area contributed by atoms with Crippen LogP contribution in [0, 0.1) is 6.92 Å². The van der Waals surface area contributed by atoms with E-state index in [0.29, 0.717) is 0 Å². The lowest BCUT2D eigenvalue weighted by atomic mass is 10.5. The topological polar surface area (TPSA) is 47.0 Å². The van der Waals surface area contributed by atoms with Crippen molar-refractivity contribution >= 4 is 43.9 Å². The Hall–Kier alpha value is -0.660. The maximum Gasteiger partial charge on any atom is 0.202 e. The van der Waals surface area contributed by atoms with Gasteiger partial charge in [-0.05, 0) is 28.9 Å². The van der Waals surface area contributed by atoms with Crippen molar-refractivity contribution < 1.29 is 4.74 Å². The Morgan fingerprint density at radius 2 is 2.38 bits per heavy atom. The summed E-state index contributed by atoms with van der Waals surface area (Å²) >= 11 is 6.43. The second-order valence-electron chi connectivity index (χ2n) is 3.05. The van der Waals surface area contributed by atoms with Crippen LogP contribution < -0.4 is 10.1 Å². The van der Waals surface area contributed by atoms with Gasteiger partial charge in [-0.2, -0.15) is 4.37 Å². The summed E-state index contributed by atoms with van der Waals surface area (Å²) < 4.78 is 10.3. The lowest BCUT2D eigenvalue weighted by Gasteiger charge is -1.97. The third-order valence-corrected chi connectivity index (χ3v) is 4.55. The molecule has 0 saturated heterocycles. The molecule has 0 atom stereocenters. The van der Waals surface area contributed by atoms with Crippen molar-refractivity contribution in [2.75, 3.05) is 12.4 Å². The maximum atomic E-state index is 5.20. The van der Waals surface area contributed by atoms with E-state index in [1.54, 1.807) is 18.4 Å². The molecular formula is C9H10BrN3OS2. The maximum absolute atomic E-state index is 5.20. The van der Waals surface area contributed by atoms with E-state index in [1.165, 1.54) is 16.4 Å². The minimum atomic E-state index is 0.737. The van der Waals surface area contributed by atoms with Gasteiger partial charge in [0.15, 0.2) is 5.06 Å². The van der Waals surface area contributed by atoms with E-state index in [9.17, 15) is 0 Å². The lowest BCUT2D eigenvalue weighted by Crippen LogP contribution is -1.96. The molecule has 0 aliphatic carbocycles. The second-order valence-corrected chi connectivity index (χ2v) is 5.76. The van der Waals surface area contributed by atoms with E-state index < -0.39 is 0 Å². The van der Waals surface area contributed by atoms with Crippen molar-refractivity contribution in [3.63, 3.8) is 0 Å². The van der Waals surface area contributed by atoms with Crippen molar-refractivity contribution in [1.82, 2.24) is 9.36 Å². The standard InChI is InChI=1S/C9H10BrN3OS2/c1-5-12-9(16-13-5)11-4-6-3-7(10)8(14-2)15-6/h3H,4H2,1-2H3,(H,11,12,13). The average Bonchev–Trinajstić information content (AvgIpc) is 2.82. The quantitative estimate of drug-likeness (QED) is 0.939. The van der Waals surface area contributed by atoms with Gasteiger partial charge < -0.3 is 10.1 Å². The molecule has 0 unspecified atom stereocenters. The fourth-order valence-electron chi connectivity index (χ4n) is 1.16. The number of hydrogen-bond donors (Lipinski definition) is 1. The van der Waals surface area contributed by atoms with E-state index >= 15 is 0 Å². The number of ether oxygens (including phenoxy) is 1. The first-order valence-electron chi connectivity index (χ1n) is 4.55. The van der Waals surface area contributed by atoms with Crippen molar-refractivity contribution in [2.24, 2.45) is 0 Å². The Kier molecular flexibility index (Phi) is 3.78. The number of halogens is 1. The predicted molar refractivity (Wildman–Crippen MR) is 70.5 cm³/mol. The first-order chi connectivity index (χ1) is 7.69. The molecule has 0 amide bonds. The first-order valence-corrected chi connectivity index (χ1v) is 6.93. The Morgan fingerprint density at radius 1 is 1.56 bits per heavy atom. The van der Waals surface area contributed by atoms with Gasteiger partial charge in [0.2, 0.25) is 5.13 Å². The summed E-state index contributed by atoms with van der Waals surface area (Å²) in [6.45, 7) is 2.62. The van der Waals surface area contributed by atoms with Crippen LogP contribution in [-0.4, -0.2) is 16.5 Å². The highest BCUT2D eigenvalue weighted by Crippen LogP contribution is 2.34. The van der Waals surface area contributed by atoms with Crippen LogP contribution in [0.2, 0.25) is 0 Å². The Morgan fingerprint density at radius 3 is 2.94 bits per heavy atom. The molecule has 0 spiro atoms. The molecule has 7 heteroatoms. The molecule has 0 radical (unpaired) electrons. The Labute approximate surface area is 110 Å². The third-order valence-electron chi connectivity index (χ3n) is 1.83. The van der Waals surface area contributed by atoms with Crippen LogP contribution in [0.1, 0.15) is 10.7 Å². The van der Waals surface area contributed by atoms with Crippen LogP contribution in [0.25, 0.3) is 0 Å². The van der Waals surface area contributed by atoms with Crippen LogP contribution in [0.3, 0.4) is 0 Å². The van der Waals surface area contributed by atoms with E-state index in [4.69, 9.17) is 4.74 Å². The molecule has 0 aliphatic rings. The highest BCUT2D eigenvalue weighted by atomic mass is 79.9. The number of nitrogens with zero attached hydrogens (tertiary/aromatic N) is 2. The largest absolute Gasteiger partial charge is 0.486 e. The monoisotopic (exact) mass is 319 g/mol. The van der Waals surface area contributed by atoms with E-state index in [1.807, 2.05) is 13.0 Å². The lowest BCUT2D eigenvalue weighted by molar-refractivity contribution is 0.425. The van der Waals surface area contributed by atoms with Gasteiger partial charge in [-0.25, -0.2) is 4.98 Å². The number of rotatable bonds is 4. The summed E-state index contributed by atoms with van der Waals surface area (Å²) in [5.74, 6) is 0.803. The number of hydrogen-bond acceptors (Lipinski definition) is 6. The smallest absolute Gasteiger partial charge is 0.202 e. The third kappa shape index (κ3) is 2.72. The van der Waals surface area contributed by atoms with Gasteiger partial charge in [-0.1, -0.05) is 0 Å². The van der Waals surface area contributed by atoms with Crippen LogP contribution in [-0.2, 0) is 6.54 Å². The fraction of sp³-hybridized carbons (Fsp3) is 0.333. The van der Waals surface area contributed by atoms with Crippen molar-refractivity contribution in [3.8, 4) is 5.06 Å². The average molecular weight is 320 g/mol. The van der Waals surface area contributed by atoms with E-state index in [-0.39, 0.29) is 0 Å². The van der Waals surface area contributed by atoms with Gasteiger partial charge in [0.1, 0.15) is 5.82 Å². The molecule has 0 aromatic carbocycles. The number of anilines is 1. The SMILES string of the molecule is COc1sc(CNc2nc(C)ns2)cc1Br. The zero-order valence-electron chi connectivity index (χ0n) is 8.78. The summed E-state index contributed by atoms with van der Waals surface area (Å²) in [5, 5.41) is 4.97. The van der Waals surface area contributed by atoms with Crippen molar-refractivity contribution in [1.29, 1.82) is 0 Å². The molecule has 4 nitrogen and oxygen atoms in total. The van der Waals surface area contributed by atoms with Crippen LogP contribution in [0.5, 0.6) is 5.06 Å². The summed E-state index contributed by atoms with van der Waals surface area (Å²) in [6, 6.07) is 2.05. The van der Waals surface area contributed by atoms with Crippen molar-refractivity contribution in [2.45, 2.75) is 13.5 Å². The molecule has 86 valence electrons. The Balaban J connectivity index is 1.99. The second kappa shape index (κ2) is 5.11. The van der Waals surface area contributed by atoms with Crippen LogP contribution in [0.15, 0.2) is 10.5 Å². The summed E-state index contributed by atoms with van der Waals surface area (Å²) in [4.78, 5) is 5.42. The first kappa shape index (κ1) is 11.8. The molecule has 2 aromatic rings. The molecule has 0 aliphatic heterocycles. The van der Waals surface area contributed by atoms with Gasteiger partial charge >= 0.3 is 0 Å². The predicted octanol–water partition coefficient (Wildman–Crippen LogP) is 3.29. The molecule has 0 bridgehead atoms. The van der Waals surface area contributed by atoms with Crippen LogP contribution >= 0.6 is 38.8 Å². The molecular weight excluding hydrogens is 310 g/mol. The van der Waals surface area contributed by atoms with Gasteiger partial charge in [-0.15, -0.1) is 11.3 Å². The van der Waals surface area contributed by atoms with Gasteiger partial charge in [0.25, 0.3) is 0 Å². The molecule has 2 heterocycles. The van der Waals surface area contributed by atoms with E-state index in [2.05, 4.69) is 30.6 Å². The number of methoxy groups -OCH3 is 1. The summed E-state index contributed by atoms with van der Waals surface area (Å²) in [6.07, 6.45) is 0. The number of aryl methyl sites for hydroxylation is 1. The minimum Gasteiger partial charge on any atom is -0.486 e. The molecule has 0 fully saturated rings. The molecule has 2 aromatic heterocycles. The number of nitrogens with one attached hydrogen (secondary N) is 1. The molecule has 0 saturated carbocycles. The van der Waals surface area contributed by atoms with E-state index in [0.717, 1.165) is 27.0 Å². The summed E-state index contributed by atoms with van der Waals surface area (Å²) in [7, 11) is 1.67. The number of thiophene rings is 1. The van der Waals surface area contributed by atoms with Gasteiger partial charge in [0, 0.05) is 16.4 Å². The van der Waals surface area contributed by atoms with Gasteiger partial charge in [0.05, 0.1) is 18.1 Å². The molecule has 16 heavy (non-hydrogen) atoms. The minimum absolute atomic E-state index is 0.737. The zero-order valence-corrected chi connectivity index (χ0v) is 12.0. The normalized spacial score (nSPS) is 10.4. The Bertz CT molecular complexity index is 483. The highest BCUT2D eigenvalue weighted by Gasteiger charge is 2.07. The fourth-order valence-corrected chi connectivity index (χ4v) is 3.36. The van der Waals surface area contributed by atoms with Crippen molar-refractivity contribution in [3.05, 3.63) is 21.2 Å². The zero-order chi connectivity index (χ0) is 11.5. The summed E-state index contributed by atoms with van der Waals surface area (Å²) in [5.41, 5.74) is 0.